The van der Waals surface area contributed by atoms with Gasteiger partial charge in [-0.15, -0.1) is 0 Å². The maximum absolute atomic E-state index is 12.7. The van der Waals surface area contributed by atoms with Gasteiger partial charge in [-0.25, -0.2) is 0 Å². The molecule has 1 fully saturated rings. The predicted octanol–water partition coefficient (Wildman–Crippen LogP) is 2.94. The van der Waals surface area contributed by atoms with Gasteiger partial charge in [0, 0.05) is 6.54 Å². The molecule has 1 amide bonds. The van der Waals surface area contributed by atoms with Crippen LogP contribution in [0.4, 0.5) is 0 Å². The summed E-state index contributed by atoms with van der Waals surface area (Å²) in [5.74, 6) is -0.277. The van der Waals surface area contributed by atoms with Crippen LogP contribution in [0.25, 0.3) is 0 Å². The van der Waals surface area contributed by atoms with Crippen molar-refractivity contribution in [2.45, 2.75) is 24.7 Å². The highest BCUT2D eigenvalue weighted by atomic mass is 16.1. The van der Waals surface area contributed by atoms with Gasteiger partial charge in [0.2, 0.25) is 5.91 Å². The number of hydrogen-bond donors (Lipinski definition) is 1. The van der Waals surface area contributed by atoms with Crippen molar-refractivity contribution < 1.29 is 4.79 Å². The van der Waals surface area contributed by atoms with Crippen LogP contribution in [0.2, 0.25) is 0 Å². The molecule has 2 N–H and O–H groups in total. The average molecular weight is 308 g/mol. The van der Waals surface area contributed by atoms with E-state index < -0.39 is 5.41 Å². The van der Waals surface area contributed by atoms with Gasteiger partial charge in [-0.1, -0.05) is 67.1 Å². The topological polar surface area (TPSA) is 46.3 Å². The van der Waals surface area contributed by atoms with Crippen LogP contribution < -0.4 is 5.73 Å². The van der Waals surface area contributed by atoms with E-state index >= 15 is 0 Å². The first kappa shape index (κ1) is 15.8. The Kier molecular flexibility index (Phi) is 4.77. The van der Waals surface area contributed by atoms with Crippen molar-refractivity contribution in [3.8, 4) is 0 Å². The van der Waals surface area contributed by atoms with Gasteiger partial charge in [-0.2, -0.15) is 0 Å². The van der Waals surface area contributed by atoms with Crippen molar-refractivity contribution in [3.05, 3.63) is 71.8 Å². The van der Waals surface area contributed by atoms with Crippen LogP contribution in [0.15, 0.2) is 60.7 Å². The van der Waals surface area contributed by atoms with Crippen LogP contribution in [-0.2, 0) is 10.2 Å². The quantitative estimate of drug-likeness (QED) is 0.923. The smallest absolute Gasteiger partial charge is 0.233 e. The summed E-state index contributed by atoms with van der Waals surface area (Å²) in [6, 6.07) is 19.9. The number of carbonyl (C=O) groups is 1. The van der Waals surface area contributed by atoms with E-state index in [9.17, 15) is 4.79 Å². The molecule has 23 heavy (non-hydrogen) atoms. The first-order valence-electron chi connectivity index (χ1n) is 8.37. The van der Waals surface area contributed by atoms with E-state index in [2.05, 4.69) is 4.90 Å². The maximum atomic E-state index is 12.7. The number of nitrogens with zero attached hydrogens (tertiary/aromatic N) is 1. The van der Waals surface area contributed by atoms with Gasteiger partial charge in [0.25, 0.3) is 0 Å². The van der Waals surface area contributed by atoms with Crippen LogP contribution in [-0.4, -0.2) is 30.4 Å². The number of rotatable bonds is 5. The summed E-state index contributed by atoms with van der Waals surface area (Å²) in [6.07, 6.45) is 3.66. The Morgan fingerprint density at radius 2 is 1.35 bits per heavy atom. The second kappa shape index (κ2) is 6.97. The minimum atomic E-state index is -0.792. The Labute approximate surface area is 138 Å². The summed E-state index contributed by atoms with van der Waals surface area (Å²) in [5.41, 5.74) is 7.15. The van der Waals surface area contributed by atoms with E-state index in [1.165, 1.54) is 19.3 Å². The Morgan fingerprint density at radius 3 is 1.78 bits per heavy atom. The molecule has 3 nitrogen and oxygen atoms in total. The molecular formula is C20H24N2O. The summed E-state index contributed by atoms with van der Waals surface area (Å²) in [6.45, 7) is 2.72. The van der Waals surface area contributed by atoms with E-state index in [4.69, 9.17) is 5.73 Å². The van der Waals surface area contributed by atoms with Gasteiger partial charge in [0.15, 0.2) is 0 Å². The number of hydrogen-bond acceptors (Lipinski definition) is 2. The zero-order valence-electron chi connectivity index (χ0n) is 13.4. The number of amides is 1. The minimum Gasteiger partial charge on any atom is -0.369 e. The van der Waals surface area contributed by atoms with Crippen LogP contribution in [0.3, 0.4) is 0 Å². The highest BCUT2D eigenvalue weighted by molar-refractivity contribution is 5.91. The summed E-state index contributed by atoms with van der Waals surface area (Å²) < 4.78 is 0. The normalized spacial score (nSPS) is 16.2. The lowest BCUT2D eigenvalue weighted by Gasteiger charge is -2.38. The highest BCUT2D eigenvalue weighted by Crippen LogP contribution is 2.34. The fourth-order valence-electron chi connectivity index (χ4n) is 3.61. The molecule has 2 aromatic rings. The lowest BCUT2D eigenvalue weighted by Crippen LogP contribution is -2.51. The van der Waals surface area contributed by atoms with Gasteiger partial charge in [0.1, 0.15) is 5.41 Å². The first-order chi connectivity index (χ1) is 11.2. The molecule has 0 aromatic heterocycles. The lowest BCUT2D eigenvalue weighted by atomic mass is 9.73. The van der Waals surface area contributed by atoms with Crippen molar-refractivity contribution in [2.24, 2.45) is 5.73 Å². The zero-order valence-corrected chi connectivity index (χ0v) is 13.4. The molecule has 0 bridgehead atoms. The third kappa shape index (κ3) is 3.15. The van der Waals surface area contributed by atoms with Crippen molar-refractivity contribution in [1.82, 2.24) is 4.90 Å². The fourth-order valence-corrected chi connectivity index (χ4v) is 3.61. The van der Waals surface area contributed by atoms with Crippen molar-refractivity contribution in [1.29, 1.82) is 0 Å². The average Bonchev–Trinajstić information content (AvgIpc) is 2.62. The molecule has 120 valence electrons. The van der Waals surface area contributed by atoms with Gasteiger partial charge < -0.3 is 10.6 Å². The molecule has 1 aliphatic heterocycles. The van der Waals surface area contributed by atoms with Crippen molar-refractivity contribution in [2.75, 3.05) is 19.6 Å². The molecule has 0 saturated carbocycles. The molecular weight excluding hydrogens is 284 g/mol. The second-order valence-electron chi connectivity index (χ2n) is 6.34. The molecule has 1 saturated heterocycles. The van der Waals surface area contributed by atoms with Gasteiger partial charge in [-0.05, 0) is 37.1 Å². The van der Waals surface area contributed by atoms with Crippen molar-refractivity contribution in [3.63, 3.8) is 0 Å². The van der Waals surface area contributed by atoms with Gasteiger partial charge in [0.05, 0.1) is 0 Å². The number of benzene rings is 2. The predicted molar refractivity (Wildman–Crippen MR) is 93.1 cm³/mol. The first-order valence-corrected chi connectivity index (χ1v) is 8.37. The summed E-state index contributed by atoms with van der Waals surface area (Å²) in [4.78, 5) is 15.1. The Bertz CT molecular complexity index is 594. The number of carbonyl (C=O) groups excluding carboxylic acids is 1. The molecule has 0 unspecified atom stereocenters. The monoisotopic (exact) mass is 308 g/mol. The molecule has 3 rings (SSSR count). The van der Waals surface area contributed by atoms with E-state index in [0.29, 0.717) is 6.54 Å². The Morgan fingerprint density at radius 1 is 0.870 bits per heavy atom. The minimum absolute atomic E-state index is 0.277. The summed E-state index contributed by atoms with van der Waals surface area (Å²) in [5, 5.41) is 0. The molecule has 0 radical (unpaired) electrons. The third-order valence-corrected chi connectivity index (χ3v) is 4.86. The van der Waals surface area contributed by atoms with Crippen LogP contribution in [0.5, 0.6) is 0 Å². The van der Waals surface area contributed by atoms with E-state index in [1.54, 1.807) is 0 Å². The Hall–Kier alpha value is -2.13. The van der Waals surface area contributed by atoms with Crippen molar-refractivity contribution >= 4 is 5.91 Å². The zero-order chi connectivity index (χ0) is 16.1. The van der Waals surface area contributed by atoms with Crippen LogP contribution in [0.1, 0.15) is 30.4 Å². The third-order valence-electron chi connectivity index (χ3n) is 4.86. The Balaban J connectivity index is 2.08. The van der Waals surface area contributed by atoms with E-state index in [0.717, 1.165) is 24.2 Å². The van der Waals surface area contributed by atoms with Crippen LogP contribution >= 0.6 is 0 Å². The van der Waals surface area contributed by atoms with E-state index in [1.807, 2.05) is 60.7 Å². The largest absolute Gasteiger partial charge is 0.369 e. The molecule has 0 aliphatic carbocycles. The highest BCUT2D eigenvalue weighted by Gasteiger charge is 2.42. The van der Waals surface area contributed by atoms with Crippen LogP contribution in [0, 0.1) is 0 Å². The molecule has 1 aliphatic rings. The van der Waals surface area contributed by atoms with Gasteiger partial charge >= 0.3 is 0 Å². The fraction of sp³-hybridized carbons (Fsp3) is 0.350. The molecule has 2 aromatic carbocycles. The number of nitrogens with two attached hydrogens (primary N) is 1. The molecule has 1 heterocycles. The lowest BCUT2D eigenvalue weighted by molar-refractivity contribution is -0.122. The maximum Gasteiger partial charge on any atom is 0.233 e. The molecule has 0 atom stereocenters. The van der Waals surface area contributed by atoms with Gasteiger partial charge in [-0.3, -0.25) is 4.79 Å². The molecule has 3 heteroatoms. The standard InChI is InChI=1S/C20H24N2O/c21-19(23)20(17-10-4-1-5-11-17,18-12-6-2-7-13-18)16-22-14-8-3-9-15-22/h1-2,4-7,10-13H,3,8-9,14-16H2,(H2,21,23). The summed E-state index contributed by atoms with van der Waals surface area (Å²) >= 11 is 0. The SMILES string of the molecule is NC(=O)C(CN1CCCCC1)(c1ccccc1)c1ccccc1. The number of piperidine rings is 1. The number of likely N-dealkylation sites (tertiary alicyclic amines) is 1. The second-order valence-corrected chi connectivity index (χ2v) is 6.34. The van der Waals surface area contributed by atoms with E-state index in [-0.39, 0.29) is 5.91 Å². The summed E-state index contributed by atoms with van der Waals surface area (Å²) in [7, 11) is 0. The molecule has 0 spiro atoms. The number of primary amides is 1.